The molecule has 1 N–H and O–H groups in total. The maximum atomic E-state index is 13.7. The summed E-state index contributed by atoms with van der Waals surface area (Å²) in [5, 5.41) is 9.05. The number of aryl methyl sites for hydroxylation is 1. The largest absolute Gasteiger partial charge is 0.479 e. The van der Waals surface area contributed by atoms with Gasteiger partial charge in [0.2, 0.25) is 0 Å². The molecular formula is C26H22Cl2N2O6S. The third kappa shape index (κ3) is 5.49. The molecule has 2 aromatic carbocycles. The van der Waals surface area contributed by atoms with E-state index in [4.69, 9.17) is 37.8 Å². The number of thiazole rings is 1. The first-order valence-electron chi connectivity index (χ1n) is 11.2. The molecule has 2 heterocycles. The molecule has 0 fully saturated rings. The Balaban J connectivity index is 1.86. The molecule has 0 unspecified atom stereocenters. The molecule has 0 radical (unpaired) electrons. The highest BCUT2D eigenvalue weighted by Crippen LogP contribution is 2.35. The van der Waals surface area contributed by atoms with Gasteiger partial charge in [-0.1, -0.05) is 64.4 Å². The highest BCUT2D eigenvalue weighted by molar-refractivity contribution is 7.07. The number of carboxylic acids is 1. The predicted molar refractivity (Wildman–Crippen MR) is 141 cm³/mol. The second-order valence-electron chi connectivity index (χ2n) is 8.21. The minimum Gasteiger partial charge on any atom is -0.479 e. The van der Waals surface area contributed by atoms with Crippen LogP contribution in [-0.2, 0) is 14.3 Å². The fraction of sp³-hybridized carbons (Fsp3) is 0.231. The lowest BCUT2D eigenvalue weighted by Gasteiger charge is -2.24. The number of aliphatic carboxylic acids is 1. The standard InChI is InChI=1S/C26H22Cl2N2O6S/c1-4-35-25(34)21-14(3)29-26-30(22(21)16-7-5-13(2)6-8-16)24(33)19(37-26)11-15-9-17(27)23(18(28)10-15)36-12-20(31)32/h5-11,22H,4,12H2,1-3H3,(H,31,32)/b19-11+/t22-/m0/s1. The van der Waals surface area contributed by atoms with Crippen molar-refractivity contribution in [3.05, 3.63) is 94.1 Å². The van der Waals surface area contributed by atoms with Gasteiger partial charge in [-0.3, -0.25) is 9.36 Å². The van der Waals surface area contributed by atoms with Gasteiger partial charge in [-0.15, -0.1) is 0 Å². The second kappa shape index (κ2) is 10.9. The van der Waals surface area contributed by atoms with Crippen molar-refractivity contribution in [1.29, 1.82) is 0 Å². The van der Waals surface area contributed by atoms with Gasteiger partial charge < -0.3 is 14.6 Å². The van der Waals surface area contributed by atoms with E-state index in [1.165, 1.54) is 28.0 Å². The quantitative estimate of drug-likeness (QED) is 0.439. The van der Waals surface area contributed by atoms with E-state index in [2.05, 4.69) is 4.99 Å². The van der Waals surface area contributed by atoms with Gasteiger partial charge in [0.05, 0.1) is 38.5 Å². The van der Waals surface area contributed by atoms with Gasteiger partial charge in [-0.25, -0.2) is 14.6 Å². The summed E-state index contributed by atoms with van der Waals surface area (Å²) < 4.78 is 12.3. The molecule has 1 aliphatic rings. The van der Waals surface area contributed by atoms with Crippen LogP contribution >= 0.6 is 34.5 Å². The van der Waals surface area contributed by atoms with Crippen molar-refractivity contribution >= 4 is 52.6 Å². The number of carbonyl (C=O) groups is 2. The SMILES string of the molecule is CCOC(=O)C1=C(C)N=c2s/c(=C/c3cc(Cl)c(OCC(=O)O)c(Cl)c3)c(=O)n2[C@H]1c1ccc(C)cc1. The Bertz CT molecular complexity index is 1580. The van der Waals surface area contributed by atoms with Gasteiger partial charge in [0, 0.05) is 0 Å². The van der Waals surface area contributed by atoms with Crippen LogP contribution < -0.4 is 19.6 Å². The summed E-state index contributed by atoms with van der Waals surface area (Å²) in [5.41, 5.74) is 2.73. The van der Waals surface area contributed by atoms with Crippen LogP contribution in [-0.4, -0.2) is 34.8 Å². The molecule has 1 atom stereocenters. The fourth-order valence-corrected chi connectivity index (χ4v) is 5.60. The second-order valence-corrected chi connectivity index (χ2v) is 10.0. The Labute approximate surface area is 225 Å². The minimum absolute atomic E-state index is 0.0402. The monoisotopic (exact) mass is 560 g/mol. The number of hydrogen-bond acceptors (Lipinski definition) is 7. The van der Waals surface area contributed by atoms with Gasteiger partial charge in [0.25, 0.3) is 5.56 Å². The molecule has 0 aliphatic carbocycles. The van der Waals surface area contributed by atoms with E-state index in [1.54, 1.807) is 19.9 Å². The molecule has 8 nitrogen and oxygen atoms in total. The van der Waals surface area contributed by atoms with E-state index >= 15 is 0 Å². The first-order valence-corrected chi connectivity index (χ1v) is 12.8. The van der Waals surface area contributed by atoms with Crippen molar-refractivity contribution in [2.45, 2.75) is 26.8 Å². The van der Waals surface area contributed by atoms with Crippen LogP contribution in [0.2, 0.25) is 10.0 Å². The molecule has 11 heteroatoms. The van der Waals surface area contributed by atoms with Crippen LogP contribution in [0.4, 0.5) is 0 Å². The number of aromatic nitrogens is 1. The number of carboxylic acid groups (broad SMARTS) is 1. The highest BCUT2D eigenvalue weighted by atomic mass is 35.5. The fourth-order valence-electron chi connectivity index (χ4n) is 3.94. The molecule has 3 aromatic rings. The summed E-state index contributed by atoms with van der Waals surface area (Å²) in [6.07, 6.45) is 1.61. The van der Waals surface area contributed by atoms with Crippen molar-refractivity contribution in [2.75, 3.05) is 13.2 Å². The van der Waals surface area contributed by atoms with Crippen LogP contribution in [0.5, 0.6) is 5.75 Å². The van der Waals surface area contributed by atoms with Gasteiger partial charge >= 0.3 is 11.9 Å². The molecule has 0 saturated carbocycles. The summed E-state index contributed by atoms with van der Waals surface area (Å²) >= 11 is 13.7. The molecule has 4 rings (SSSR count). The smallest absolute Gasteiger partial charge is 0.341 e. The Morgan fingerprint density at radius 1 is 1.16 bits per heavy atom. The van der Waals surface area contributed by atoms with E-state index in [9.17, 15) is 14.4 Å². The number of nitrogens with zero attached hydrogens (tertiary/aromatic N) is 2. The maximum absolute atomic E-state index is 13.7. The molecule has 192 valence electrons. The van der Waals surface area contributed by atoms with Crippen molar-refractivity contribution in [2.24, 2.45) is 4.99 Å². The van der Waals surface area contributed by atoms with E-state index in [-0.39, 0.29) is 28.0 Å². The Kier molecular flexibility index (Phi) is 7.87. The van der Waals surface area contributed by atoms with Gasteiger partial charge in [0.1, 0.15) is 0 Å². The maximum Gasteiger partial charge on any atom is 0.341 e. The first kappa shape index (κ1) is 26.7. The Hall–Kier alpha value is -3.40. The van der Waals surface area contributed by atoms with Crippen LogP contribution in [0.1, 0.15) is 36.6 Å². The molecule has 37 heavy (non-hydrogen) atoms. The molecule has 0 amide bonds. The third-order valence-corrected chi connectivity index (χ3v) is 7.11. The van der Waals surface area contributed by atoms with Crippen LogP contribution in [0.3, 0.4) is 0 Å². The number of carbonyl (C=O) groups excluding carboxylic acids is 1. The lowest BCUT2D eigenvalue weighted by Crippen LogP contribution is -2.39. The van der Waals surface area contributed by atoms with Gasteiger partial charge in [-0.2, -0.15) is 0 Å². The van der Waals surface area contributed by atoms with Crippen LogP contribution in [0, 0.1) is 6.92 Å². The highest BCUT2D eigenvalue weighted by Gasteiger charge is 2.33. The average molecular weight is 561 g/mol. The molecule has 1 aliphatic heterocycles. The number of hydrogen-bond donors (Lipinski definition) is 1. The van der Waals surface area contributed by atoms with Gasteiger partial charge in [-0.05, 0) is 50.1 Å². The van der Waals surface area contributed by atoms with Crippen molar-refractivity contribution < 1.29 is 24.2 Å². The van der Waals surface area contributed by atoms with E-state index in [0.717, 1.165) is 11.1 Å². The number of halogens is 2. The summed E-state index contributed by atoms with van der Waals surface area (Å²) in [6.45, 7) is 4.99. The number of benzene rings is 2. The van der Waals surface area contributed by atoms with Crippen molar-refractivity contribution in [3.63, 3.8) is 0 Å². The summed E-state index contributed by atoms with van der Waals surface area (Å²) in [6, 6.07) is 9.93. The van der Waals surface area contributed by atoms with E-state index < -0.39 is 24.6 Å². The zero-order chi connectivity index (χ0) is 26.9. The van der Waals surface area contributed by atoms with Crippen LogP contribution in [0.15, 0.2) is 57.5 Å². The number of rotatable bonds is 7. The van der Waals surface area contributed by atoms with E-state index in [0.29, 0.717) is 26.2 Å². The number of esters is 1. The number of allylic oxidation sites excluding steroid dienone is 1. The van der Waals surface area contributed by atoms with Gasteiger partial charge in [0.15, 0.2) is 17.2 Å². The number of ether oxygens (including phenoxy) is 2. The minimum atomic E-state index is -1.17. The molecular weight excluding hydrogens is 539 g/mol. The normalized spacial score (nSPS) is 15.3. The molecule has 0 spiro atoms. The summed E-state index contributed by atoms with van der Waals surface area (Å²) in [5.74, 6) is -1.66. The Morgan fingerprint density at radius 3 is 2.41 bits per heavy atom. The summed E-state index contributed by atoms with van der Waals surface area (Å²) in [4.78, 5) is 42.4. The van der Waals surface area contributed by atoms with Crippen molar-refractivity contribution in [1.82, 2.24) is 4.57 Å². The zero-order valence-corrected chi connectivity index (χ0v) is 22.4. The summed E-state index contributed by atoms with van der Waals surface area (Å²) in [7, 11) is 0. The molecule has 0 bridgehead atoms. The lowest BCUT2D eigenvalue weighted by atomic mass is 9.95. The predicted octanol–water partition coefficient (Wildman–Crippen LogP) is 3.88. The Morgan fingerprint density at radius 2 is 1.81 bits per heavy atom. The number of fused-ring (bicyclic) bond motifs is 1. The lowest BCUT2D eigenvalue weighted by molar-refractivity contribution is -0.140. The molecule has 0 saturated heterocycles. The third-order valence-electron chi connectivity index (χ3n) is 5.57. The topological polar surface area (TPSA) is 107 Å². The van der Waals surface area contributed by atoms with E-state index in [1.807, 2.05) is 31.2 Å². The molecule has 1 aromatic heterocycles. The first-order chi connectivity index (χ1) is 17.6. The average Bonchev–Trinajstić information content (AvgIpc) is 3.12. The van der Waals surface area contributed by atoms with Crippen molar-refractivity contribution in [3.8, 4) is 5.75 Å². The zero-order valence-electron chi connectivity index (χ0n) is 20.1. The van der Waals surface area contributed by atoms with Crippen LogP contribution in [0.25, 0.3) is 6.08 Å².